The number of nitrogens with one attached hydrogen (secondary N) is 1. The second-order valence-electron chi connectivity index (χ2n) is 7.05. The van der Waals surface area contributed by atoms with Crippen LogP contribution in [-0.2, 0) is 21.2 Å². The minimum Gasteiger partial charge on any atom is -0.326 e. The first-order valence-corrected chi connectivity index (χ1v) is 10.8. The van der Waals surface area contributed by atoms with Gasteiger partial charge in [-0.05, 0) is 56.0 Å². The molecule has 0 aliphatic carbocycles. The Hall–Kier alpha value is -2.18. The fourth-order valence-corrected chi connectivity index (χ4v) is 4.83. The van der Waals surface area contributed by atoms with Crippen LogP contribution >= 0.6 is 0 Å². The molecular formula is C21H26N2O3S. The molecule has 1 amide bonds. The van der Waals surface area contributed by atoms with Gasteiger partial charge in [-0.1, -0.05) is 36.8 Å². The molecule has 1 fully saturated rings. The normalized spacial score (nSPS) is 18.2. The molecule has 1 aliphatic rings. The third-order valence-electron chi connectivity index (χ3n) is 5.04. The third kappa shape index (κ3) is 4.57. The van der Waals surface area contributed by atoms with Crippen LogP contribution in [0.15, 0.2) is 53.4 Å². The second kappa shape index (κ2) is 8.23. The summed E-state index contributed by atoms with van der Waals surface area (Å²) in [6, 6.07) is 14.6. The van der Waals surface area contributed by atoms with Crippen LogP contribution < -0.4 is 5.32 Å². The van der Waals surface area contributed by atoms with Gasteiger partial charge in [0.1, 0.15) is 0 Å². The maximum atomic E-state index is 12.9. The molecular weight excluding hydrogens is 360 g/mol. The first kappa shape index (κ1) is 19.6. The van der Waals surface area contributed by atoms with E-state index in [1.165, 1.54) is 9.87 Å². The first-order chi connectivity index (χ1) is 12.9. The molecule has 0 aromatic heterocycles. The maximum absolute atomic E-state index is 12.9. The lowest BCUT2D eigenvalue weighted by molar-refractivity contribution is -0.120. The number of carbonyl (C=O) groups is 1. The van der Waals surface area contributed by atoms with Crippen molar-refractivity contribution >= 4 is 21.6 Å². The second-order valence-corrected chi connectivity index (χ2v) is 8.99. The highest BCUT2D eigenvalue weighted by Crippen LogP contribution is 2.25. The molecule has 144 valence electrons. The van der Waals surface area contributed by atoms with E-state index in [2.05, 4.69) is 12.2 Å². The molecule has 0 spiro atoms. The predicted octanol–water partition coefficient (Wildman–Crippen LogP) is 3.60. The van der Waals surface area contributed by atoms with Crippen LogP contribution in [0, 0.1) is 12.8 Å². The highest BCUT2D eigenvalue weighted by Gasteiger charge is 2.33. The molecule has 2 aromatic carbocycles. The van der Waals surface area contributed by atoms with E-state index in [1.54, 1.807) is 24.3 Å². The third-order valence-corrected chi connectivity index (χ3v) is 6.92. The number of sulfonamides is 1. The number of carbonyl (C=O) groups excluding carboxylic acids is 1. The van der Waals surface area contributed by atoms with Gasteiger partial charge >= 0.3 is 0 Å². The van der Waals surface area contributed by atoms with Crippen LogP contribution in [0.3, 0.4) is 0 Å². The average Bonchev–Trinajstić information content (AvgIpc) is 2.69. The van der Waals surface area contributed by atoms with Gasteiger partial charge in [0.2, 0.25) is 15.9 Å². The lowest BCUT2D eigenvalue weighted by Gasteiger charge is -2.31. The summed E-state index contributed by atoms with van der Waals surface area (Å²) in [4.78, 5) is 12.9. The molecule has 1 saturated heterocycles. The highest BCUT2D eigenvalue weighted by atomic mass is 32.2. The zero-order valence-corrected chi connectivity index (χ0v) is 16.6. The Kier molecular flexibility index (Phi) is 5.97. The van der Waals surface area contributed by atoms with Crippen molar-refractivity contribution in [3.05, 3.63) is 59.7 Å². The smallest absolute Gasteiger partial charge is 0.243 e. The molecule has 2 aromatic rings. The fourth-order valence-electron chi connectivity index (χ4n) is 3.30. The van der Waals surface area contributed by atoms with E-state index < -0.39 is 10.0 Å². The van der Waals surface area contributed by atoms with E-state index in [0.29, 0.717) is 19.4 Å². The number of rotatable bonds is 5. The van der Waals surface area contributed by atoms with Gasteiger partial charge in [0.25, 0.3) is 0 Å². The largest absolute Gasteiger partial charge is 0.326 e. The van der Waals surface area contributed by atoms with Crippen molar-refractivity contribution in [2.75, 3.05) is 18.4 Å². The van der Waals surface area contributed by atoms with Gasteiger partial charge in [0, 0.05) is 18.8 Å². The zero-order chi connectivity index (χ0) is 19.4. The van der Waals surface area contributed by atoms with Crippen LogP contribution in [0.2, 0.25) is 0 Å². The average molecular weight is 387 g/mol. The number of amides is 1. The summed E-state index contributed by atoms with van der Waals surface area (Å²) >= 11 is 0. The quantitative estimate of drug-likeness (QED) is 0.854. The molecule has 1 N–H and O–H groups in total. The lowest BCUT2D eigenvalue weighted by atomic mass is 9.98. The number of benzene rings is 2. The Morgan fingerprint density at radius 1 is 1.11 bits per heavy atom. The predicted molar refractivity (Wildman–Crippen MR) is 107 cm³/mol. The van der Waals surface area contributed by atoms with E-state index >= 15 is 0 Å². The zero-order valence-electron chi connectivity index (χ0n) is 15.8. The Morgan fingerprint density at radius 2 is 1.78 bits per heavy atom. The molecule has 0 radical (unpaired) electrons. The minimum atomic E-state index is -3.57. The van der Waals surface area contributed by atoms with Gasteiger partial charge in [-0.15, -0.1) is 0 Å². The highest BCUT2D eigenvalue weighted by molar-refractivity contribution is 7.89. The number of anilines is 1. The van der Waals surface area contributed by atoms with Crippen LogP contribution in [0.4, 0.5) is 5.69 Å². The standard InChI is InChI=1S/C21H26N2O3S/c1-3-17-8-10-19(11-9-17)22-21(24)18-5-4-14-23(15-18)27(25,26)20-12-6-16(2)7-13-20/h6-13,18H,3-5,14-15H2,1-2H3,(H,22,24)/t18-/m1/s1. The van der Waals surface area contributed by atoms with Gasteiger partial charge in [-0.25, -0.2) is 8.42 Å². The topological polar surface area (TPSA) is 66.5 Å². The van der Waals surface area contributed by atoms with Crippen molar-refractivity contribution < 1.29 is 13.2 Å². The van der Waals surface area contributed by atoms with Gasteiger partial charge in [0.05, 0.1) is 10.8 Å². The molecule has 6 heteroatoms. The van der Waals surface area contributed by atoms with Crippen molar-refractivity contribution in [1.29, 1.82) is 0 Å². The van der Waals surface area contributed by atoms with E-state index in [-0.39, 0.29) is 23.3 Å². The molecule has 0 bridgehead atoms. The number of aryl methyl sites for hydroxylation is 2. The van der Waals surface area contributed by atoms with E-state index in [0.717, 1.165) is 17.7 Å². The summed E-state index contributed by atoms with van der Waals surface area (Å²) in [5.74, 6) is -0.465. The van der Waals surface area contributed by atoms with Crippen molar-refractivity contribution in [3.63, 3.8) is 0 Å². The Bertz CT molecular complexity index is 890. The summed E-state index contributed by atoms with van der Waals surface area (Å²) in [6.07, 6.45) is 2.32. The summed E-state index contributed by atoms with van der Waals surface area (Å²) in [6.45, 7) is 4.67. The van der Waals surface area contributed by atoms with E-state index in [9.17, 15) is 13.2 Å². The van der Waals surface area contributed by atoms with Gasteiger partial charge < -0.3 is 5.32 Å². The van der Waals surface area contributed by atoms with Crippen LogP contribution in [0.1, 0.15) is 30.9 Å². The summed E-state index contributed by atoms with van der Waals surface area (Å²) < 4.78 is 27.2. The van der Waals surface area contributed by atoms with Crippen LogP contribution in [-0.4, -0.2) is 31.7 Å². The molecule has 27 heavy (non-hydrogen) atoms. The molecule has 1 heterocycles. The SMILES string of the molecule is CCc1ccc(NC(=O)[C@@H]2CCCN(S(=O)(=O)c3ccc(C)cc3)C2)cc1. The fraction of sp³-hybridized carbons (Fsp3) is 0.381. The van der Waals surface area contributed by atoms with Gasteiger partial charge in [-0.3, -0.25) is 4.79 Å². The number of piperidine rings is 1. The van der Waals surface area contributed by atoms with Gasteiger partial charge in [0.15, 0.2) is 0 Å². The molecule has 1 aliphatic heterocycles. The molecule has 5 nitrogen and oxygen atoms in total. The van der Waals surface area contributed by atoms with Crippen molar-refractivity contribution in [2.24, 2.45) is 5.92 Å². The monoisotopic (exact) mass is 386 g/mol. The molecule has 1 atom stereocenters. The molecule has 3 rings (SSSR count). The van der Waals surface area contributed by atoms with Gasteiger partial charge in [-0.2, -0.15) is 4.31 Å². The van der Waals surface area contributed by atoms with Crippen LogP contribution in [0.5, 0.6) is 0 Å². The minimum absolute atomic E-state index is 0.122. The Balaban J connectivity index is 1.69. The van der Waals surface area contributed by atoms with Crippen molar-refractivity contribution in [2.45, 2.75) is 38.0 Å². The Morgan fingerprint density at radius 3 is 2.41 bits per heavy atom. The summed E-state index contributed by atoms with van der Waals surface area (Å²) in [5.41, 5.74) is 2.97. The first-order valence-electron chi connectivity index (χ1n) is 9.37. The summed E-state index contributed by atoms with van der Waals surface area (Å²) in [7, 11) is -3.57. The van der Waals surface area contributed by atoms with Crippen molar-refractivity contribution in [1.82, 2.24) is 4.31 Å². The van der Waals surface area contributed by atoms with E-state index in [4.69, 9.17) is 0 Å². The number of hydrogen-bond acceptors (Lipinski definition) is 3. The number of hydrogen-bond donors (Lipinski definition) is 1. The lowest BCUT2D eigenvalue weighted by Crippen LogP contribution is -2.43. The van der Waals surface area contributed by atoms with Crippen LogP contribution in [0.25, 0.3) is 0 Å². The van der Waals surface area contributed by atoms with Crippen molar-refractivity contribution in [3.8, 4) is 0 Å². The van der Waals surface area contributed by atoms with E-state index in [1.807, 2.05) is 31.2 Å². The molecule has 0 unspecified atom stereocenters. The molecule has 0 saturated carbocycles. The number of nitrogens with zero attached hydrogens (tertiary/aromatic N) is 1. The summed E-state index contributed by atoms with van der Waals surface area (Å²) in [5, 5.41) is 2.92. The maximum Gasteiger partial charge on any atom is 0.243 e. The Labute approximate surface area is 161 Å².